The Morgan fingerprint density at radius 1 is 1.43 bits per heavy atom. The molecule has 1 aromatic rings. The van der Waals surface area contributed by atoms with E-state index in [9.17, 15) is 13.2 Å². The maximum Gasteiger partial charge on any atom is 0.322 e. The summed E-state index contributed by atoms with van der Waals surface area (Å²) < 4.78 is 32.4. The first-order valence-corrected chi connectivity index (χ1v) is 8.23. The third-order valence-corrected chi connectivity index (χ3v) is 4.83. The Morgan fingerprint density at radius 2 is 2.10 bits per heavy atom. The number of carbonyl (C=O) groups is 1. The second kappa shape index (κ2) is 5.65. The van der Waals surface area contributed by atoms with Crippen LogP contribution in [0.2, 0.25) is 0 Å². The standard InChI is InChI=1S/C14H19NO5S/c1-8(2)13(14(16)17)15-21(18,19)11-4-5-12-10(7-11)6-9(3)20-12/h4-5,7-9,13,15H,6H2,1-3H3,(H,16,17)/t9?,13-/m1/s1. The number of hydrogen-bond donors (Lipinski definition) is 2. The van der Waals surface area contributed by atoms with E-state index in [0.717, 1.165) is 5.56 Å². The summed E-state index contributed by atoms with van der Waals surface area (Å²) in [5, 5.41) is 9.10. The molecule has 0 saturated carbocycles. The molecule has 0 aliphatic carbocycles. The second-order valence-electron chi connectivity index (χ2n) is 5.58. The largest absolute Gasteiger partial charge is 0.490 e. The minimum Gasteiger partial charge on any atom is -0.490 e. The SMILES string of the molecule is CC1Cc2cc(S(=O)(=O)N[C@@H](C(=O)O)C(C)C)ccc2O1. The van der Waals surface area contributed by atoms with Gasteiger partial charge < -0.3 is 9.84 Å². The second-order valence-corrected chi connectivity index (χ2v) is 7.30. The minimum absolute atomic E-state index is 0.0216. The van der Waals surface area contributed by atoms with Gasteiger partial charge in [0.2, 0.25) is 10.0 Å². The molecule has 0 aromatic heterocycles. The van der Waals surface area contributed by atoms with E-state index in [-0.39, 0.29) is 16.9 Å². The lowest BCUT2D eigenvalue weighted by Crippen LogP contribution is -2.44. The summed E-state index contributed by atoms with van der Waals surface area (Å²) in [5.74, 6) is -0.859. The van der Waals surface area contributed by atoms with Crippen LogP contribution in [-0.4, -0.2) is 31.6 Å². The Balaban J connectivity index is 2.28. The van der Waals surface area contributed by atoms with E-state index in [0.29, 0.717) is 12.2 Å². The highest BCUT2D eigenvalue weighted by Crippen LogP contribution is 2.30. The molecule has 7 heteroatoms. The summed E-state index contributed by atoms with van der Waals surface area (Å²) >= 11 is 0. The third-order valence-electron chi connectivity index (χ3n) is 3.39. The molecule has 21 heavy (non-hydrogen) atoms. The number of benzene rings is 1. The van der Waals surface area contributed by atoms with E-state index in [1.54, 1.807) is 26.0 Å². The van der Waals surface area contributed by atoms with E-state index in [2.05, 4.69) is 4.72 Å². The highest BCUT2D eigenvalue weighted by molar-refractivity contribution is 7.89. The van der Waals surface area contributed by atoms with Crippen LogP contribution in [-0.2, 0) is 21.2 Å². The van der Waals surface area contributed by atoms with Crippen LogP contribution >= 0.6 is 0 Å². The molecule has 0 bridgehead atoms. The van der Waals surface area contributed by atoms with Gasteiger partial charge in [0.05, 0.1) is 4.90 Å². The van der Waals surface area contributed by atoms with E-state index < -0.39 is 22.0 Å². The van der Waals surface area contributed by atoms with Gasteiger partial charge in [0, 0.05) is 6.42 Å². The number of ether oxygens (including phenoxy) is 1. The molecule has 0 radical (unpaired) electrons. The molecule has 0 fully saturated rings. The fourth-order valence-corrected chi connectivity index (χ4v) is 3.66. The maximum absolute atomic E-state index is 12.3. The van der Waals surface area contributed by atoms with Crippen molar-refractivity contribution in [3.05, 3.63) is 23.8 Å². The van der Waals surface area contributed by atoms with E-state index >= 15 is 0 Å². The number of nitrogens with one attached hydrogen (secondary N) is 1. The molecule has 0 amide bonds. The van der Waals surface area contributed by atoms with E-state index in [1.807, 2.05) is 6.92 Å². The average Bonchev–Trinajstić information content (AvgIpc) is 2.74. The number of hydrogen-bond acceptors (Lipinski definition) is 4. The Labute approximate surface area is 124 Å². The third kappa shape index (κ3) is 3.36. The number of rotatable bonds is 5. The first-order valence-electron chi connectivity index (χ1n) is 6.75. The molecule has 1 heterocycles. The minimum atomic E-state index is -3.87. The molecule has 6 nitrogen and oxygen atoms in total. The smallest absolute Gasteiger partial charge is 0.322 e. The van der Waals surface area contributed by atoms with Gasteiger partial charge in [-0.05, 0) is 36.6 Å². The van der Waals surface area contributed by atoms with Crippen molar-refractivity contribution < 1.29 is 23.1 Å². The zero-order chi connectivity index (χ0) is 15.8. The van der Waals surface area contributed by atoms with Crippen molar-refractivity contribution in [3.63, 3.8) is 0 Å². The van der Waals surface area contributed by atoms with Crippen LogP contribution in [0.5, 0.6) is 5.75 Å². The van der Waals surface area contributed by atoms with Crippen LogP contribution in [0.4, 0.5) is 0 Å². The molecular formula is C14H19NO5S. The van der Waals surface area contributed by atoms with Crippen LogP contribution in [0, 0.1) is 5.92 Å². The Hall–Kier alpha value is -1.60. The van der Waals surface area contributed by atoms with Gasteiger partial charge in [-0.3, -0.25) is 4.79 Å². The van der Waals surface area contributed by atoms with Crippen molar-refractivity contribution in [1.29, 1.82) is 0 Å². The summed E-state index contributed by atoms with van der Waals surface area (Å²) in [6.07, 6.45) is 0.666. The number of sulfonamides is 1. The molecular weight excluding hydrogens is 294 g/mol. The van der Waals surface area contributed by atoms with Gasteiger partial charge in [-0.1, -0.05) is 13.8 Å². The number of carboxylic acids is 1. The predicted octanol–water partition coefficient (Wildman–Crippen LogP) is 1.40. The summed E-state index contributed by atoms with van der Waals surface area (Å²) in [4.78, 5) is 11.2. The Morgan fingerprint density at radius 3 is 2.67 bits per heavy atom. The highest BCUT2D eigenvalue weighted by atomic mass is 32.2. The number of fused-ring (bicyclic) bond motifs is 1. The fourth-order valence-electron chi connectivity index (χ4n) is 2.27. The summed E-state index contributed by atoms with van der Waals surface area (Å²) in [5.41, 5.74) is 0.821. The van der Waals surface area contributed by atoms with Crippen LogP contribution in [0.3, 0.4) is 0 Å². The molecule has 1 aromatic carbocycles. The lowest BCUT2D eigenvalue weighted by molar-refractivity contribution is -0.140. The maximum atomic E-state index is 12.3. The fraction of sp³-hybridized carbons (Fsp3) is 0.500. The highest BCUT2D eigenvalue weighted by Gasteiger charge is 2.29. The van der Waals surface area contributed by atoms with Gasteiger partial charge >= 0.3 is 5.97 Å². The van der Waals surface area contributed by atoms with Crippen molar-refractivity contribution in [2.45, 2.75) is 44.2 Å². The molecule has 2 rings (SSSR count). The molecule has 0 saturated heterocycles. The molecule has 2 N–H and O–H groups in total. The molecule has 2 atom stereocenters. The summed E-state index contributed by atoms with van der Waals surface area (Å²) in [7, 11) is -3.87. The van der Waals surface area contributed by atoms with E-state index in [4.69, 9.17) is 9.84 Å². The summed E-state index contributed by atoms with van der Waals surface area (Å²) in [6, 6.07) is 3.43. The molecule has 0 spiro atoms. The molecule has 116 valence electrons. The van der Waals surface area contributed by atoms with Gasteiger partial charge in [-0.25, -0.2) is 8.42 Å². The molecule has 1 aliphatic rings. The van der Waals surface area contributed by atoms with Crippen LogP contribution in [0.15, 0.2) is 23.1 Å². The quantitative estimate of drug-likeness (QED) is 0.857. The van der Waals surface area contributed by atoms with Crippen molar-refractivity contribution in [3.8, 4) is 5.75 Å². The molecule has 1 unspecified atom stereocenters. The number of aliphatic carboxylic acids is 1. The molecule has 1 aliphatic heterocycles. The lowest BCUT2D eigenvalue weighted by atomic mass is 10.1. The lowest BCUT2D eigenvalue weighted by Gasteiger charge is -2.18. The predicted molar refractivity (Wildman–Crippen MR) is 76.8 cm³/mol. The van der Waals surface area contributed by atoms with Gasteiger partial charge in [0.1, 0.15) is 17.9 Å². The van der Waals surface area contributed by atoms with Gasteiger partial charge in [0.15, 0.2) is 0 Å². The van der Waals surface area contributed by atoms with Crippen molar-refractivity contribution in [1.82, 2.24) is 4.72 Å². The Kier molecular flexibility index (Phi) is 4.25. The van der Waals surface area contributed by atoms with Crippen LogP contribution in [0.1, 0.15) is 26.3 Å². The topological polar surface area (TPSA) is 92.7 Å². The first kappa shape index (κ1) is 15.8. The number of carboxylic acid groups (broad SMARTS) is 1. The van der Waals surface area contributed by atoms with Crippen molar-refractivity contribution in [2.24, 2.45) is 5.92 Å². The van der Waals surface area contributed by atoms with Crippen molar-refractivity contribution >= 4 is 16.0 Å². The van der Waals surface area contributed by atoms with Crippen molar-refractivity contribution in [2.75, 3.05) is 0 Å². The van der Waals surface area contributed by atoms with Crippen LogP contribution in [0.25, 0.3) is 0 Å². The zero-order valence-electron chi connectivity index (χ0n) is 12.2. The Bertz CT molecular complexity index is 653. The van der Waals surface area contributed by atoms with Crippen LogP contribution < -0.4 is 9.46 Å². The first-order chi connectivity index (χ1) is 9.70. The average molecular weight is 313 g/mol. The van der Waals surface area contributed by atoms with Gasteiger partial charge in [-0.2, -0.15) is 4.72 Å². The van der Waals surface area contributed by atoms with Gasteiger partial charge in [-0.15, -0.1) is 0 Å². The monoisotopic (exact) mass is 313 g/mol. The normalized spacial score (nSPS) is 19.1. The zero-order valence-corrected chi connectivity index (χ0v) is 13.0. The van der Waals surface area contributed by atoms with Gasteiger partial charge in [0.25, 0.3) is 0 Å². The van der Waals surface area contributed by atoms with E-state index in [1.165, 1.54) is 6.07 Å². The summed E-state index contributed by atoms with van der Waals surface area (Å²) in [6.45, 7) is 5.21.